The van der Waals surface area contributed by atoms with E-state index in [1.165, 1.54) is 42.5 Å². The predicted octanol–water partition coefficient (Wildman–Crippen LogP) is 6.29. The largest absolute Gasteiger partial charge is 0.505 e. The average Bonchev–Trinajstić information content (AvgIpc) is 3.27. The number of sulfone groups is 2. The Morgan fingerprint density at radius 3 is 2.12 bits per heavy atom. The number of nitrogens with two attached hydrogens (primary N) is 1. The standard InChI is InChI=1S/C35H34N6O20S6/c36-28-11-10-26-27(32(28)39-38-29-12-9-25(20-31(29)66(50,51)52)65(48,49)18-14-56-63-61-59-45)21-30(62-60-58-44)33(34(26)42)40-37-23-6-4-5-22(19-23)35(43)41(24-7-2-1-3-8-24)13-16-64(46,47)17-15-57-67(53,54)55/h1-12,19-21,42,44-45H,13-18,36H2,(H,50,51,52)(H,53,54,55)/b39-38+,40-37+. The zero-order valence-corrected chi connectivity index (χ0v) is 38.4. The SMILES string of the molecule is Nc1ccc2c(O)c(/N=N/c3cccc(C(=O)N(CCS(=O)(=O)CCOS(=O)(=O)O)c4ccccc4)c3)c(SOOO)cc2c1/N=N/c1ccc(S(=O)(=O)CCOSOOO)cc1S(=O)(=O)O. The summed E-state index contributed by atoms with van der Waals surface area (Å²) in [5.74, 6) is -3.37. The summed E-state index contributed by atoms with van der Waals surface area (Å²) in [5.41, 5.74) is 5.45. The van der Waals surface area contributed by atoms with E-state index in [0.717, 1.165) is 17.0 Å². The zero-order valence-electron chi connectivity index (χ0n) is 33.5. The third kappa shape index (κ3) is 14.9. The molecule has 0 unspecified atom stereocenters. The molecule has 0 radical (unpaired) electrons. The zero-order chi connectivity index (χ0) is 49.0. The number of amides is 1. The van der Waals surface area contributed by atoms with Gasteiger partial charge in [-0.25, -0.2) is 31.5 Å². The summed E-state index contributed by atoms with van der Waals surface area (Å²) in [4.78, 5) is 13.4. The van der Waals surface area contributed by atoms with Crippen LogP contribution in [-0.2, 0) is 67.3 Å². The number of fused-ring (bicyclic) bond motifs is 1. The first-order chi connectivity index (χ1) is 31.6. The van der Waals surface area contributed by atoms with E-state index in [9.17, 15) is 48.1 Å². The summed E-state index contributed by atoms with van der Waals surface area (Å²) in [6, 6.07) is 20.1. The van der Waals surface area contributed by atoms with Gasteiger partial charge in [-0.05, 0) is 66.7 Å². The first kappa shape index (κ1) is 52.7. The Kier molecular flexibility index (Phi) is 18.2. The molecule has 5 aromatic rings. The number of phenolic OH excluding ortho intramolecular Hbond substituents is 1. The quantitative estimate of drug-likeness (QED) is 0.00752. The van der Waals surface area contributed by atoms with Gasteiger partial charge in [0.25, 0.3) is 16.0 Å². The maximum absolute atomic E-state index is 13.9. The summed E-state index contributed by atoms with van der Waals surface area (Å²) in [6.07, 6.45) is 0. The first-order valence-electron chi connectivity index (χ1n) is 18.1. The number of nitrogen functional groups attached to an aromatic ring is 1. The van der Waals surface area contributed by atoms with Crippen LogP contribution in [0.2, 0.25) is 0 Å². The molecule has 5 aromatic carbocycles. The molecule has 0 bridgehead atoms. The van der Waals surface area contributed by atoms with Crippen molar-refractivity contribution in [3.63, 3.8) is 0 Å². The number of benzene rings is 5. The van der Waals surface area contributed by atoms with Crippen LogP contribution >= 0.6 is 24.4 Å². The minimum atomic E-state index is -5.14. The number of aromatic hydroxyl groups is 1. The second-order valence-electron chi connectivity index (χ2n) is 13.0. The Labute approximate surface area is 388 Å². The van der Waals surface area contributed by atoms with Crippen LogP contribution in [0, 0.1) is 0 Å². The summed E-state index contributed by atoms with van der Waals surface area (Å²) >= 11 is 0.434. The van der Waals surface area contributed by atoms with Gasteiger partial charge in [-0.1, -0.05) is 34.3 Å². The number of rotatable bonds is 24. The highest BCUT2D eigenvalue weighted by atomic mass is 32.3. The number of azo groups is 2. The van der Waals surface area contributed by atoms with Crippen LogP contribution < -0.4 is 10.6 Å². The molecule has 0 atom stereocenters. The van der Waals surface area contributed by atoms with Crippen molar-refractivity contribution in [1.82, 2.24) is 0 Å². The Hall–Kier alpha value is -5.27. The van der Waals surface area contributed by atoms with Crippen molar-refractivity contribution in [3.05, 3.63) is 96.6 Å². The van der Waals surface area contributed by atoms with Crippen LogP contribution in [0.1, 0.15) is 10.4 Å². The second kappa shape index (κ2) is 23.2. The smallest absolute Gasteiger partial charge is 0.397 e. The van der Waals surface area contributed by atoms with Crippen molar-refractivity contribution < 1.29 is 90.3 Å². The van der Waals surface area contributed by atoms with E-state index >= 15 is 0 Å². The normalized spacial score (nSPS) is 12.7. The average molecular weight is 1050 g/mol. The maximum Gasteiger partial charge on any atom is 0.397 e. The van der Waals surface area contributed by atoms with Gasteiger partial charge < -0.3 is 15.7 Å². The van der Waals surface area contributed by atoms with Gasteiger partial charge in [0.15, 0.2) is 37.7 Å². The number of anilines is 2. The molecule has 0 aromatic heterocycles. The molecule has 7 N–H and O–H groups in total. The number of para-hydroxylation sites is 1. The highest BCUT2D eigenvalue weighted by Gasteiger charge is 2.25. The van der Waals surface area contributed by atoms with Gasteiger partial charge in [0, 0.05) is 28.6 Å². The first-order valence-corrected chi connectivity index (χ1v) is 25.8. The fourth-order valence-electron chi connectivity index (χ4n) is 5.67. The molecule has 0 aliphatic heterocycles. The molecule has 26 nitrogen and oxygen atoms in total. The summed E-state index contributed by atoms with van der Waals surface area (Å²) < 4.78 is 134. The van der Waals surface area contributed by atoms with Crippen LogP contribution in [0.3, 0.4) is 0 Å². The highest BCUT2D eigenvalue weighted by molar-refractivity contribution is 7.94. The molecular formula is C35H34N6O20S6. The molecule has 32 heteroatoms. The molecule has 0 heterocycles. The number of carbonyl (C=O) groups excluding carboxylic acids is 1. The van der Waals surface area contributed by atoms with E-state index in [0.29, 0.717) is 23.8 Å². The van der Waals surface area contributed by atoms with Gasteiger partial charge in [0.05, 0.1) is 63.7 Å². The maximum atomic E-state index is 13.9. The summed E-state index contributed by atoms with van der Waals surface area (Å²) in [7, 11) is -18.3. The molecule has 0 spiro atoms. The molecule has 0 aliphatic rings. The van der Waals surface area contributed by atoms with Crippen LogP contribution in [0.4, 0.5) is 34.1 Å². The lowest BCUT2D eigenvalue weighted by atomic mass is 10.1. The topological polar surface area (TPSA) is 389 Å². The molecule has 5 rings (SSSR count). The Morgan fingerprint density at radius 2 is 1.43 bits per heavy atom. The number of phenols is 1. The summed E-state index contributed by atoms with van der Waals surface area (Å²) in [6.45, 7) is -1.74. The lowest BCUT2D eigenvalue weighted by Gasteiger charge is -2.23. The lowest BCUT2D eigenvalue weighted by Crippen LogP contribution is -2.36. The van der Waals surface area contributed by atoms with Gasteiger partial charge in [0.1, 0.15) is 22.0 Å². The molecule has 1 amide bonds. The minimum Gasteiger partial charge on any atom is -0.505 e. The molecule has 0 aliphatic carbocycles. The Morgan fingerprint density at radius 1 is 0.716 bits per heavy atom. The number of hydrogen-bond acceptors (Lipinski definition) is 25. The van der Waals surface area contributed by atoms with Gasteiger partial charge in [-0.2, -0.15) is 21.9 Å². The lowest BCUT2D eigenvalue weighted by molar-refractivity contribution is -0.434. The van der Waals surface area contributed by atoms with Crippen LogP contribution in [0.25, 0.3) is 10.8 Å². The number of nitrogens with zero attached hydrogens (tertiary/aromatic N) is 5. The van der Waals surface area contributed by atoms with Gasteiger partial charge in [0.2, 0.25) is 0 Å². The Bertz CT molecular complexity index is 3110. The van der Waals surface area contributed by atoms with E-state index in [1.807, 2.05) is 0 Å². The Balaban J connectivity index is 1.47. The van der Waals surface area contributed by atoms with E-state index in [-0.39, 0.29) is 62.8 Å². The molecular weight excluding hydrogens is 1020 g/mol. The van der Waals surface area contributed by atoms with Crippen molar-refractivity contribution in [3.8, 4) is 5.75 Å². The van der Waals surface area contributed by atoms with E-state index in [4.69, 9.17) is 25.0 Å². The molecule has 67 heavy (non-hydrogen) atoms. The fourth-order valence-corrected chi connectivity index (χ4v) is 9.72. The van der Waals surface area contributed by atoms with E-state index in [1.54, 1.807) is 30.3 Å². The van der Waals surface area contributed by atoms with Crippen LogP contribution in [0.5, 0.6) is 5.75 Å². The second-order valence-corrected chi connectivity index (χ2v) is 21.1. The third-order valence-corrected chi connectivity index (χ3v) is 14.3. The van der Waals surface area contributed by atoms with E-state index < -0.39 is 97.8 Å². The van der Waals surface area contributed by atoms with Crippen molar-refractivity contribution in [1.29, 1.82) is 0 Å². The highest BCUT2D eigenvalue weighted by Crippen LogP contribution is 2.48. The monoisotopic (exact) mass is 1050 g/mol. The molecule has 0 saturated carbocycles. The third-order valence-electron chi connectivity index (χ3n) is 8.68. The van der Waals surface area contributed by atoms with Crippen molar-refractivity contribution in [2.45, 2.75) is 14.7 Å². The fraction of sp³-hybridized carbons (Fsp3) is 0.171. The van der Waals surface area contributed by atoms with Crippen molar-refractivity contribution in [2.75, 3.05) is 47.7 Å². The van der Waals surface area contributed by atoms with Gasteiger partial charge in [-0.15, -0.1) is 24.0 Å². The van der Waals surface area contributed by atoms with Crippen LogP contribution in [-0.4, -0.2) is 101 Å². The van der Waals surface area contributed by atoms with Gasteiger partial charge in [-0.3, -0.25) is 18.1 Å². The van der Waals surface area contributed by atoms with Crippen molar-refractivity contribution in [2.24, 2.45) is 20.5 Å². The molecule has 0 saturated heterocycles. The van der Waals surface area contributed by atoms with Gasteiger partial charge >= 0.3 is 10.4 Å². The van der Waals surface area contributed by atoms with E-state index in [2.05, 4.69) is 43.4 Å². The van der Waals surface area contributed by atoms with Crippen molar-refractivity contribution >= 4 is 115 Å². The predicted molar refractivity (Wildman–Crippen MR) is 236 cm³/mol. The summed E-state index contributed by atoms with van der Waals surface area (Å²) in [5, 5.41) is 51.9. The molecule has 0 fully saturated rings. The van der Waals surface area contributed by atoms with Crippen LogP contribution in [0.15, 0.2) is 126 Å². The molecule has 360 valence electrons. The number of hydrogen-bond donors (Lipinski definition) is 6. The minimum absolute atomic E-state index is 0.000996. The number of carbonyl (C=O) groups is 1.